The van der Waals surface area contributed by atoms with E-state index in [1.54, 1.807) is 36.4 Å². The number of carbonyl (C=O) groups is 3. The lowest BCUT2D eigenvalue weighted by Gasteiger charge is -2.30. The molecular weight excluding hydrogens is 464 g/mol. The van der Waals surface area contributed by atoms with Crippen LogP contribution in [-0.4, -0.2) is 42.3 Å². The van der Waals surface area contributed by atoms with E-state index in [2.05, 4.69) is 22.9 Å². The molecular formula is C30H34N4O3. The van der Waals surface area contributed by atoms with Crippen LogP contribution in [-0.2, 0) is 4.79 Å². The van der Waals surface area contributed by atoms with Crippen molar-refractivity contribution in [3.8, 4) is 0 Å². The minimum absolute atomic E-state index is 0.0540. The average molecular weight is 499 g/mol. The Kier molecular flexibility index (Phi) is 8.56. The molecule has 0 bridgehead atoms. The molecule has 1 atom stereocenters. The number of hydrogen-bond donors (Lipinski definition) is 3. The standard InChI is InChI=1S/C30H34N4O3/c1-21-15-17-34(18-16-21)30(37)24-11-13-26(14-12-24)31-20-28(35)33-27-10-6-9-25(19-27)29(36)32-22(2)23-7-4-3-5-8-23/h3-14,19,21-22,31H,15-18,20H2,1-2H3,(H,32,36)(H,33,35). The molecule has 0 aromatic heterocycles. The molecule has 7 nitrogen and oxygen atoms in total. The molecule has 0 spiro atoms. The fourth-order valence-corrected chi connectivity index (χ4v) is 4.36. The van der Waals surface area contributed by atoms with Gasteiger partial charge in [-0.3, -0.25) is 14.4 Å². The maximum Gasteiger partial charge on any atom is 0.253 e. The van der Waals surface area contributed by atoms with E-state index in [9.17, 15) is 14.4 Å². The second kappa shape index (κ2) is 12.2. The Hall–Kier alpha value is -4.13. The first kappa shape index (κ1) is 25.9. The highest BCUT2D eigenvalue weighted by Crippen LogP contribution is 2.19. The van der Waals surface area contributed by atoms with Gasteiger partial charge >= 0.3 is 0 Å². The molecule has 4 rings (SSSR count). The van der Waals surface area contributed by atoms with E-state index >= 15 is 0 Å². The van der Waals surface area contributed by atoms with E-state index in [1.165, 1.54) is 0 Å². The van der Waals surface area contributed by atoms with Crippen molar-refractivity contribution in [1.29, 1.82) is 0 Å². The van der Waals surface area contributed by atoms with Crippen LogP contribution in [0.2, 0.25) is 0 Å². The lowest BCUT2D eigenvalue weighted by Crippen LogP contribution is -2.37. The highest BCUT2D eigenvalue weighted by Gasteiger charge is 2.21. The Balaban J connectivity index is 1.26. The van der Waals surface area contributed by atoms with Gasteiger partial charge in [-0.25, -0.2) is 0 Å². The number of hydrogen-bond acceptors (Lipinski definition) is 4. The summed E-state index contributed by atoms with van der Waals surface area (Å²) in [6.45, 7) is 5.81. The molecule has 1 aliphatic heterocycles. The molecule has 37 heavy (non-hydrogen) atoms. The van der Waals surface area contributed by atoms with E-state index in [-0.39, 0.29) is 30.3 Å². The Morgan fingerprint density at radius 3 is 2.27 bits per heavy atom. The molecule has 7 heteroatoms. The summed E-state index contributed by atoms with van der Waals surface area (Å²) in [5, 5.41) is 8.89. The molecule has 3 N–H and O–H groups in total. The van der Waals surface area contributed by atoms with Crippen molar-refractivity contribution >= 4 is 29.1 Å². The van der Waals surface area contributed by atoms with Crippen LogP contribution < -0.4 is 16.0 Å². The molecule has 192 valence electrons. The summed E-state index contributed by atoms with van der Waals surface area (Å²) in [5.41, 5.74) is 3.44. The minimum Gasteiger partial charge on any atom is -0.376 e. The first-order chi connectivity index (χ1) is 17.9. The zero-order chi connectivity index (χ0) is 26.2. The van der Waals surface area contributed by atoms with Gasteiger partial charge in [-0.05, 0) is 73.7 Å². The number of piperidine rings is 1. The van der Waals surface area contributed by atoms with E-state index in [4.69, 9.17) is 0 Å². The van der Waals surface area contributed by atoms with Crippen LogP contribution in [0.4, 0.5) is 11.4 Å². The van der Waals surface area contributed by atoms with Crippen LogP contribution in [0.3, 0.4) is 0 Å². The van der Waals surface area contributed by atoms with E-state index in [0.29, 0.717) is 22.7 Å². The fourth-order valence-electron chi connectivity index (χ4n) is 4.36. The molecule has 1 aliphatic rings. The average Bonchev–Trinajstić information content (AvgIpc) is 2.93. The number of nitrogens with one attached hydrogen (secondary N) is 3. The number of carbonyl (C=O) groups excluding carboxylic acids is 3. The fraction of sp³-hybridized carbons (Fsp3) is 0.300. The lowest BCUT2D eigenvalue weighted by molar-refractivity contribution is -0.114. The van der Waals surface area contributed by atoms with Gasteiger partial charge in [0, 0.05) is 35.6 Å². The number of likely N-dealkylation sites (tertiary alicyclic amines) is 1. The monoisotopic (exact) mass is 498 g/mol. The first-order valence-corrected chi connectivity index (χ1v) is 12.8. The second-order valence-electron chi connectivity index (χ2n) is 9.64. The molecule has 1 unspecified atom stereocenters. The van der Waals surface area contributed by atoms with Gasteiger partial charge in [0.25, 0.3) is 11.8 Å². The van der Waals surface area contributed by atoms with E-state index in [0.717, 1.165) is 37.2 Å². The Morgan fingerprint density at radius 2 is 1.57 bits per heavy atom. The molecule has 0 saturated carbocycles. The minimum atomic E-state index is -0.238. The number of amides is 3. The molecule has 1 saturated heterocycles. The topological polar surface area (TPSA) is 90.5 Å². The molecule has 3 aromatic carbocycles. The molecule has 3 amide bonds. The second-order valence-corrected chi connectivity index (χ2v) is 9.64. The summed E-state index contributed by atoms with van der Waals surface area (Å²) in [4.78, 5) is 39.8. The predicted molar refractivity (Wildman–Crippen MR) is 147 cm³/mol. The maximum absolute atomic E-state index is 12.7. The van der Waals surface area contributed by atoms with Gasteiger partial charge in [-0.15, -0.1) is 0 Å². The third-order valence-corrected chi connectivity index (χ3v) is 6.71. The van der Waals surface area contributed by atoms with E-state index in [1.807, 2.05) is 54.3 Å². The number of rotatable bonds is 8. The highest BCUT2D eigenvalue weighted by molar-refractivity contribution is 5.98. The highest BCUT2D eigenvalue weighted by atomic mass is 16.2. The van der Waals surface area contributed by atoms with E-state index < -0.39 is 0 Å². The number of benzene rings is 3. The van der Waals surface area contributed by atoms with Crippen LogP contribution in [0, 0.1) is 5.92 Å². The van der Waals surface area contributed by atoms with Crippen LogP contribution >= 0.6 is 0 Å². The van der Waals surface area contributed by atoms with Crippen LogP contribution in [0.15, 0.2) is 78.9 Å². The Bertz CT molecular complexity index is 1220. The number of anilines is 2. The van der Waals surface area contributed by atoms with Crippen LogP contribution in [0.1, 0.15) is 59.0 Å². The summed E-state index contributed by atoms with van der Waals surface area (Å²) in [7, 11) is 0. The van der Waals surface area contributed by atoms with Crippen molar-refractivity contribution in [3.63, 3.8) is 0 Å². The predicted octanol–water partition coefficient (Wildman–Crippen LogP) is 5.10. The largest absolute Gasteiger partial charge is 0.376 e. The molecule has 0 radical (unpaired) electrons. The zero-order valence-electron chi connectivity index (χ0n) is 21.4. The van der Waals surface area contributed by atoms with Crippen LogP contribution in [0.25, 0.3) is 0 Å². The van der Waals surface area contributed by atoms with Crippen molar-refractivity contribution < 1.29 is 14.4 Å². The van der Waals surface area contributed by atoms with Gasteiger partial charge < -0.3 is 20.9 Å². The van der Waals surface area contributed by atoms with Gasteiger partial charge in [0.15, 0.2) is 0 Å². The van der Waals surface area contributed by atoms with Gasteiger partial charge in [-0.1, -0.05) is 43.3 Å². The van der Waals surface area contributed by atoms with Gasteiger partial charge in [0.05, 0.1) is 12.6 Å². The first-order valence-electron chi connectivity index (χ1n) is 12.8. The Labute approximate surface area is 218 Å². The zero-order valence-corrected chi connectivity index (χ0v) is 21.4. The smallest absolute Gasteiger partial charge is 0.253 e. The summed E-state index contributed by atoms with van der Waals surface area (Å²) < 4.78 is 0. The number of nitrogens with zero attached hydrogens (tertiary/aromatic N) is 1. The quantitative estimate of drug-likeness (QED) is 0.403. The summed E-state index contributed by atoms with van der Waals surface area (Å²) >= 11 is 0. The van der Waals surface area contributed by atoms with Crippen molar-refractivity contribution in [2.75, 3.05) is 30.3 Å². The third kappa shape index (κ3) is 7.19. The van der Waals surface area contributed by atoms with Crippen molar-refractivity contribution in [2.24, 2.45) is 5.92 Å². The lowest BCUT2D eigenvalue weighted by atomic mass is 9.98. The molecule has 3 aromatic rings. The molecule has 1 fully saturated rings. The Morgan fingerprint density at radius 1 is 0.865 bits per heavy atom. The van der Waals surface area contributed by atoms with Crippen LogP contribution in [0.5, 0.6) is 0 Å². The molecule has 0 aliphatic carbocycles. The van der Waals surface area contributed by atoms with Crippen molar-refractivity contribution in [1.82, 2.24) is 10.2 Å². The van der Waals surface area contributed by atoms with Gasteiger partial charge in [0.1, 0.15) is 0 Å². The molecule has 1 heterocycles. The van der Waals surface area contributed by atoms with Crippen molar-refractivity contribution in [2.45, 2.75) is 32.7 Å². The SMILES string of the molecule is CC1CCN(C(=O)c2ccc(NCC(=O)Nc3cccc(C(=O)NC(C)c4ccccc4)c3)cc2)CC1. The summed E-state index contributed by atoms with van der Waals surface area (Å²) in [5.74, 6) is 0.278. The van der Waals surface area contributed by atoms with Gasteiger partial charge in [0.2, 0.25) is 5.91 Å². The normalized spacial score (nSPS) is 14.5. The summed E-state index contributed by atoms with van der Waals surface area (Å²) in [6, 6.07) is 23.7. The summed E-state index contributed by atoms with van der Waals surface area (Å²) in [6.07, 6.45) is 2.09. The third-order valence-electron chi connectivity index (χ3n) is 6.71. The maximum atomic E-state index is 12.7. The van der Waals surface area contributed by atoms with Crippen molar-refractivity contribution in [3.05, 3.63) is 95.6 Å². The van der Waals surface area contributed by atoms with Gasteiger partial charge in [-0.2, -0.15) is 0 Å².